The molecule has 136 valence electrons. The van der Waals surface area contributed by atoms with E-state index in [1.54, 1.807) is 0 Å². The molecule has 0 fully saturated rings. The fourth-order valence-corrected chi connectivity index (χ4v) is 2.24. The van der Waals surface area contributed by atoms with Crippen LogP contribution in [0.3, 0.4) is 0 Å². The Morgan fingerprint density at radius 2 is 1.56 bits per heavy atom. The zero-order valence-electron chi connectivity index (χ0n) is 15.5. The minimum atomic E-state index is 0.248. The first-order valence-corrected chi connectivity index (χ1v) is 9.01. The van der Waals surface area contributed by atoms with Crippen LogP contribution < -0.4 is 14.8 Å². The Bertz CT molecular complexity index is 596. The molecular formula is C21H29NO3. The van der Waals surface area contributed by atoms with E-state index in [-0.39, 0.29) is 6.10 Å². The Balaban J connectivity index is 1.77. The Morgan fingerprint density at radius 1 is 0.880 bits per heavy atom. The standard InChI is InChI=1S/C21H29NO3/c1-4-17(3)25-21-10-6-18(7-11-21)16-22-19-8-12-20(13-9-19)24-15-14-23-5-2/h6-13,17,22H,4-5,14-16H2,1-3H3/t17-/m0/s1. The highest BCUT2D eigenvalue weighted by molar-refractivity contribution is 5.47. The average molecular weight is 343 g/mol. The highest BCUT2D eigenvalue weighted by atomic mass is 16.5. The largest absolute Gasteiger partial charge is 0.491 e. The Hall–Kier alpha value is -2.20. The summed E-state index contributed by atoms with van der Waals surface area (Å²) < 4.78 is 16.7. The van der Waals surface area contributed by atoms with E-state index in [1.165, 1.54) is 5.56 Å². The van der Waals surface area contributed by atoms with Crippen molar-refractivity contribution >= 4 is 5.69 Å². The van der Waals surface area contributed by atoms with E-state index >= 15 is 0 Å². The molecule has 1 N–H and O–H groups in total. The number of rotatable bonds is 11. The third-order valence-corrected chi connectivity index (χ3v) is 3.89. The summed E-state index contributed by atoms with van der Waals surface area (Å²) in [7, 11) is 0. The first-order chi connectivity index (χ1) is 12.2. The normalized spacial score (nSPS) is 11.8. The fourth-order valence-electron chi connectivity index (χ4n) is 2.24. The molecule has 2 aromatic rings. The number of hydrogen-bond acceptors (Lipinski definition) is 4. The number of anilines is 1. The van der Waals surface area contributed by atoms with Crippen molar-refractivity contribution in [3.8, 4) is 11.5 Å². The topological polar surface area (TPSA) is 39.7 Å². The summed E-state index contributed by atoms with van der Waals surface area (Å²) in [6.07, 6.45) is 1.26. The van der Waals surface area contributed by atoms with Crippen molar-refractivity contribution in [2.75, 3.05) is 25.1 Å². The van der Waals surface area contributed by atoms with E-state index in [4.69, 9.17) is 14.2 Å². The van der Waals surface area contributed by atoms with E-state index in [2.05, 4.69) is 31.3 Å². The summed E-state index contributed by atoms with van der Waals surface area (Å²) in [5.74, 6) is 1.78. The van der Waals surface area contributed by atoms with Crippen molar-refractivity contribution in [1.29, 1.82) is 0 Å². The van der Waals surface area contributed by atoms with Gasteiger partial charge in [0.05, 0.1) is 12.7 Å². The number of ether oxygens (including phenoxy) is 3. The van der Waals surface area contributed by atoms with Gasteiger partial charge in [-0.3, -0.25) is 0 Å². The van der Waals surface area contributed by atoms with Crippen molar-refractivity contribution in [3.05, 3.63) is 54.1 Å². The lowest BCUT2D eigenvalue weighted by molar-refractivity contribution is 0.110. The highest BCUT2D eigenvalue weighted by Gasteiger charge is 2.01. The summed E-state index contributed by atoms with van der Waals surface area (Å²) in [6, 6.07) is 16.2. The highest BCUT2D eigenvalue weighted by Crippen LogP contribution is 2.18. The lowest BCUT2D eigenvalue weighted by atomic mass is 10.2. The summed E-state index contributed by atoms with van der Waals surface area (Å²) >= 11 is 0. The molecule has 0 aromatic heterocycles. The summed E-state index contributed by atoms with van der Waals surface area (Å²) in [4.78, 5) is 0. The monoisotopic (exact) mass is 343 g/mol. The molecule has 0 unspecified atom stereocenters. The second-order valence-corrected chi connectivity index (χ2v) is 5.90. The molecule has 0 spiro atoms. The number of benzene rings is 2. The zero-order chi connectivity index (χ0) is 17.9. The molecule has 0 aliphatic carbocycles. The average Bonchev–Trinajstić information content (AvgIpc) is 2.65. The van der Waals surface area contributed by atoms with Gasteiger partial charge in [-0.1, -0.05) is 19.1 Å². The van der Waals surface area contributed by atoms with Crippen LogP contribution in [0.1, 0.15) is 32.8 Å². The molecule has 0 bridgehead atoms. The summed E-state index contributed by atoms with van der Waals surface area (Å²) in [5.41, 5.74) is 2.28. The summed E-state index contributed by atoms with van der Waals surface area (Å²) in [5, 5.41) is 3.41. The molecule has 2 rings (SSSR count). The fraction of sp³-hybridized carbons (Fsp3) is 0.429. The van der Waals surface area contributed by atoms with Crippen molar-refractivity contribution in [1.82, 2.24) is 0 Å². The van der Waals surface area contributed by atoms with E-state index < -0.39 is 0 Å². The van der Waals surface area contributed by atoms with Crippen LogP contribution in [-0.4, -0.2) is 25.9 Å². The molecule has 0 saturated heterocycles. The molecular weight excluding hydrogens is 314 g/mol. The Labute approximate surface area is 151 Å². The van der Waals surface area contributed by atoms with Crippen molar-refractivity contribution in [3.63, 3.8) is 0 Å². The van der Waals surface area contributed by atoms with Crippen LogP contribution in [0.25, 0.3) is 0 Å². The molecule has 4 heteroatoms. The maximum atomic E-state index is 5.80. The maximum Gasteiger partial charge on any atom is 0.119 e. The third kappa shape index (κ3) is 7.06. The van der Waals surface area contributed by atoms with Crippen LogP contribution in [-0.2, 0) is 11.3 Å². The van der Waals surface area contributed by atoms with Gasteiger partial charge in [-0.2, -0.15) is 0 Å². The Morgan fingerprint density at radius 3 is 2.20 bits per heavy atom. The first-order valence-electron chi connectivity index (χ1n) is 9.01. The van der Waals surface area contributed by atoms with Gasteiger partial charge in [0.15, 0.2) is 0 Å². The van der Waals surface area contributed by atoms with Crippen LogP contribution in [0.4, 0.5) is 5.69 Å². The lowest BCUT2D eigenvalue weighted by Gasteiger charge is -2.13. The smallest absolute Gasteiger partial charge is 0.119 e. The second-order valence-electron chi connectivity index (χ2n) is 5.90. The minimum Gasteiger partial charge on any atom is -0.491 e. The predicted molar refractivity (Wildman–Crippen MR) is 103 cm³/mol. The molecule has 0 heterocycles. The van der Waals surface area contributed by atoms with Crippen LogP contribution >= 0.6 is 0 Å². The molecule has 0 aliphatic rings. The van der Waals surface area contributed by atoms with Gasteiger partial charge >= 0.3 is 0 Å². The lowest BCUT2D eigenvalue weighted by Crippen LogP contribution is -2.09. The van der Waals surface area contributed by atoms with E-state index in [1.807, 2.05) is 43.3 Å². The predicted octanol–water partition coefficient (Wildman–Crippen LogP) is 4.89. The van der Waals surface area contributed by atoms with Crippen molar-refractivity contribution in [2.24, 2.45) is 0 Å². The van der Waals surface area contributed by atoms with Crippen LogP contribution in [0.15, 0.2) is 48.5 Å². The van der Waals surface area contributed by atoms with E-state index in [0.717, 1.165) is 36.8 Å². The van der Waals surface area contributed by atoms with Gasteiger partial charge in [0.2, 0.25) is 0 Å². The van der Waals surface area contributed by atoms with Gasteiger partial charge in [0, 0.05) is 18.8 Å². The second kappa shape index (κ2) is 10.6. The Kier molecular flexibility index (Phi) is 8.13. The molecule has 25 heavy (non-hydrogen) atoms. The summed E-state index contributed by atoms with van der Waals surface area (Å²) in [6.45, 7) is 8.87. The molecule has 0 aliphatic heterocycles. The SMILES string of the molecule is CCOCCOc1ccc(NCc2ccc(O[C@@H](C)CC)cc2)cc1. The van der Waals surface area contributed by atoms with Gasteiger partial charge in [-0.05, 0) is 62.2 Å². The zero-order valence-corrected chi connectivity index (χ0v) is 15.5. The van der Waals surface area contributed by atoms with Gasteiger partial charge in [0.1, 0.15) is 18.1 Å². The van der Waals surface area contributed by atoms with Crippen molar-refractivity contribution in [2.45, 2.75) is 39.8 Å². The number of hydrogen-bond donors (Lipinski definition) is 1. The van der Waals surface area contributed by atoms with Gasteiger partial charge in [-0.25, -0.2) is 0 Å². The number of nitrogens with one attached hydrogen (secondary N) is 1. The molecule has 0 radical (unpaired) electrons. The van der Waals surface area contributed by atoms with Crippen LogP contribution in [0.5, 0.6) is 11.5 Å². The van der Waals surface area contributed by atoms with E-state index in [9.17, 15) is 0 Å². The third-order valence-electron chi connectivity index (χ3n) is 3.89. The molecule has 0 amide bonds. The van der Waals surface area contributed by atoms with Crippen LogP contribution in [0, 0.1) is 0 Å². The molecule has 1 atom stereocenters. The van der Waals surface area contributed by atoms with Gasteiger partial charge in [-0.15, -0.1) is 0 Å². The maximum absolute atomic E-state index is 5.80. The molecule has 4 nitrogen and oxygen atoms in total. The van der Waals surface area contributed by atoms with E-state index in [0.29, 0.717) is 13.2 Å². The minimum absolute atomic E-state index is 0.248. The molecule has 2 aromatic carbocycles. The van der Waals surface area contributed by atoms with Crippen molar-refractivity contribution < 1.29 is 14.2 Å². The first kappa shape index (κ1) is 19.1. The van der Waals surface area contributed by atoms with Gasteiger partial charge < -0.3 is 19.5 Å². The molecule has 0 saturated carbocycles. The quantitative estimate of drug-likeness (QED) is 0.590. The van der Waals surface area contributed by atoms with Gasteiger partial charge in [0.25, 0.3) is 0 Å². The van der Waals surface area contributed by atoms with Crippen LogP contribution in [0.2, 0.25) is 0 Å².